The lowest BCUT2D eigenvalue weighted by Crippen LogP contribution is -2.40. The summed E-state index contributed by atoms with van der Waals surface area (Å²) in [7, 11) is 0. The molecule has 1 N–H and O–H groups in total. The number of hydrogen-bond donors (Lipinski definition) is 1. The average Bonchev–Trinajstić information content (AvgIpc) is 2.15. The number of nitrogens with one attached hydrogen (secondary N) is 1. The van der Waals surface area contributed by atoms with E-state index in [-0.39, 0.29) is 0 Å². The predicted octanol–water partition coefficient (Wildman–Crippen LogP) is 3.15. The first-order valence-corrected chi connectivity index (χ1v) is 7.20. The molecule has 1 nitrogen and oxygen atoms in total. The summed E-state index contributed by atoms with van der Waals surface area (Å²) in [4.78, 5) is 0. The maximum atomic E-state index is 3.71. The van der Waals surface area contributed by atoms with Gasteiger partial charge in [-0.3, -0.25) is 0 Å². The van der Waals surface area contributed by atoms with Crippen LogP contribution in [0.4, 0.5) is 0 Å². The predicted molar refractivity (Wildman–Crippen MR) is 67.0 cm³/mol. The van der Waals surface area contributed by atoms with E-state index in [1.165, 1.54) is 37.3 Å². The van der Waals surface area contributed by atoms with Crippen molar-refractivity contribution in [2.45, 2.75) is 46.1 Å². The van der Waals surface area contributed by atoms with Gasteiger partial charge in [-0.05, 0) is 36.9 Å². The van der Waals surface area contributed by atoms with Gasteiger partial charge in [0.15, 0.2) is 0 Å². The van der Waals surface area contributed by atoms with Crippen molar-refractivity contribution < 1.29 is 0 Å². The molecule has 3 atom stereocenters. The Bertz CT molecular complexity index is 149. The Labute approximate surface area is 93.4 Å². The lowest BCUT2D eigenvalue weighted by atomic mass is 9.80. The van der Waals surface area contributed by atoms with Crippen LogP contribution in [0.5, 0.6) is 0 Å². The minimum Gasteiger partial charge on any atom is -0.313 e. The van der Waals surface area contributed by atoms with Gasteiger partial charge in [-0.15, -0.1) is 0 Å². The van der Waals surface area contributed by atoms with Crippen LogP contribution in [-0.2, 0) is 0 Å². The monoisotopic (exact) mass is 215 g/mol. The molecule has 14 heavy (non-hydrogen) atoms. The van der Waals surface area contributed by atoms with Gasteiger partial charge in [0.2, 0.25) is 0 Å². The molecule has 0 aromatic carbocycles. The van der Waals surface area contributed by atoms with Crippen LogP contribution >= 0.6 is 11.8 Å². The molecule has 0 spiro atoms. The van der Waals surface area contributed by atoms with Gasteiger partial charge in [0, 0.05) is 18.3 Å². The van der Waals surface area contributed by atoms with Crippen molar-refractivity contribution in [1.82, 2.24) is 5.32 Å². The molecule has 1 aliphatic carbocycles. The normalized spacial score (nSPS) is 33.2. The molecule has 0 bridgehead atoms. The Morgan fingerprint density at radius 2 is 2.07 bits per heavy atom. The Morgan fingerprint density at radius 3 is 2.71 bits per heavy atom. The Morgan fingerprint density at radius 1 is 1.29 bits per heavy atom. The molecule has 0 heterocycles. The highest BCUT2D eigenvalue weighted by Crippen LogP contribution is 2.28. The summed E-state index contributed by atoms with van der Waals surface area (Å²) in [6.45, 7) is 8.22. The fourth-order valence-electron chi connectivity index (χ4n) is 2.43. The van der Waals surface area contributed by atoms with Crippen LogP contribution in [0, 0.1) is 11.8 Å². The van der Waals surface area contributed by atoms with Gasteiger partial charge in [0.05, 0.1) is 0 Å². The minimum atomic E-state index is 0.795. The highest BCUT2D eigenvalue weighted by molar-refractivity contribution is 7.99. The molecule has 84 valence electrons. The van der Waals surface area contributed by atoms with Crippen molar-refractivity contribution >= 4 is 11.8 Å². The van der Waals surface area contributed by atoms with E-state index < -0.39 is 0 Å². The third-order valence-electron chi connectivity index (χ3n) is 3.29. The fraction of sp³-hybridized carbons (Fsp3) is 1.00. The number of hydrogen-bond acceptors (Lipinski definition) is 2. The summed E-state index contributed by atoms with van der Waals surface area (Å²) in [6, 6.07) is 0.795. The van der Waals surface area contributed by atoms with Gasteiger partial charge >= 0.3 is 0 Å². The van der Waals surface area contributed by atoms with Crippen molar-refractivity contribution in [2.24, 2.45) is 11.8 Å². The molecule has 3 unspecified atom stereocenters. The third kappa shape index (κ3) is 4.22. The lowest BCUT2D eigenvalue weighted by Gasteiger charge is -2.33. The molecule has 0 aliphatic heterocycles. The Hall–Kier alpha value is 0.310. The van der Waals surface area contributed by atoms with E-state index >= 15 is 0 Å². The second-order valence-corrected chi connectivity index (χ2v) is 6.05. The zero-order chi connectivity index (χ0) is 10.4. The SMILES string of the molecule is CCSCCNC1CCC(C)CC1C. The van der Waals surface area contributed by atoms with Crippen LogP contribution in [0.25, 0.3) is 0 Å². The highest BCUT2D eigenvalue weighted by Gasteiger charge is 2.24. The fourth-order valence-corrected chi connectivity index (χ4v) is 2.98. The zero-order valence-corrected chi connectivity index (χ0v) is 10.7. The van der Waals surface area contributed by atoms with Gasteiger partial charge in [-0.1, -0.05) is 20.8 Å². The molecule has 0 aromatic rings. The van der Waals surface area contributed by atoms with Gasteiger partial charge < -0.3 is 5.32 Å². The summed E-state index contributed by atoms with van der Waals surface area (Å²) < 4.78 is 0. The van der Waals surface area contributed by atoms with E-state index in [2.05, 4.69) is 26.1 Å². The van der Waals surface area contributed by atoms with Crippen molar-refractivity contribution in [3.8, 4) is 0 Å². The maximum Gasteiger partial charge on any atom is 0.00932 e. The van der Waals surface area contributed by atoms with Gasteiger partial charge in [-0.2, -0.15) is 11.8 Å². The van der Waals surface area contributed by atoms with Crippen molar-refractivity contribution in [1.29, 1.82) is 0 Å². The molecule has 0 saturated heterocycles. The summed E-state index contributed by atoms with van der Waals surface area (Å²) >= 11 is 2.04. The Kier molecular flexibility index (Phi) is 5.95. The summed E-state index contributed by atoms with van der Waals surface area (Å²) in [5.41, 5.74) is 0. The first-order chi connectivity index (χ1) is 6.74. The zero-order valence-electron chi connectivity index (χ0n) is 9.88. The van der Waals surface area contributed by atoms with Gasteiger partial charge in [0.1, 0.15) is 0 Å². The first kappa shape index (κ1) is 12.4. The topological polar surface area (TPSA) is 12.0 Å². The van der Waals surface area contributed by atoms with E-state index in [4.69, 9.17) is 0 Å². The van der Waals surface area contributed by atoms with E-state index in [9.17, 15) is 0 Å². The standard InChI is InChI=1S/C12H25NS/c1-4-14-8-7-13-12-6-5-10(2)9-11(12)3/h10-13H,4-9H2,1-3H3. The van der Waals surface area contributed by atoms with Gasteiger partial charge in [0.25, 0.3) is 0 Å². The second kappa shape index (κ2) is 6.73. The second-order valence-electron chi connectivity index (χ2n) is 4.65. The van der Waals surface area contributed by atoms with E-state index in [1.54, 1.807) is 0 Å². The number of thioether (sulfide) groups is 1. The molecule has 0 aromatic heterocycles. The van der Waals surface area contributed by atoms with Crippen LogP contribution < -0.4 is 5.32 Å². The molecule has 0 amide bonds. The van der Waals surface area contributed by atoms with Crippen LogP contribution in [0.1, 0.15) is 40.0 Å². The maximum absolute atomic E-state index is 3.71. The molecule has 0 radical (unpaired) electrons. The minimum absolute atomic E-state index is 0.795. The van der Waals surface area contributed by atoms with Crippen LogP contribution in [0.2, 0.25) is 0 Å². The van der Waals surface area contributed by atoms with Crippen molar-refractivity contribution in [3.05, 3.63) is 0 Å². The third-order valence-corrected chi connectivity index (χ3v) is 4.19. The molecule has 1 aliphatic rings. The molecule has 2 heteroatoms. The van der Waals surface area contributed by atoms with E-state index in [1.807, 2.05) is 11.8 Å². The van der Waals surface area contributed by atoms with E-state index in [0.717, 1.165) is 17.9 Å². The smallest absolute Gasteiger partial charge is 0.00932 e. The number of rotatable bonds is 5. The largest absolute Gasteiger partial charge is 0.313 e. The molecular weight excluding hydrogens is 190 g/mol. The highest BCUT2D eigenvalue weighted by atomic mass is 32.2. The quantitative estimate of drug-likeness (QED) is 0.707. The Balaban J connectivity index is 2.11. The molecule has 1 saturated carbocycles. The molecule has 1 rings (SSSR count). The molecule has 1 fully saturated rings. The summed E-state index contributed by atoms with van der Waals surface area (Å²) in [6.07, 6.45) is 4.22. The average molecular weight is 215 g/mol. The lowest BCUT2D eigenvalue weighted by molar-refractivity contribution is 0.231. The summed E-state index contributed by atoms with van der Waals surface area (Å²) in [5, 5.41) is 3.71. The van der Waals surface area contributed by atoms with Crippen molar-refractivity contribution in [2.75, 3.05) is 18.1 Å². The van der Waals surface area contributed by atoms with Crippen LogP contribution in [-0.4, -0.2) is 24.1 Å². The molecular formula is C12H25NS. The summed E-state index contributed by atoms with van der Waals surface area (Å²) in [5.74, 6) is 4.35. The van der Waals surface area contributed by atoms with Crippen LogP contribution in [0.3, 0.4) is 0 Å². The van der Waals surface area contributed by atoms with Gasteiger partial charge in [-0.25, -0.2) is 0 Å². The van der Waals surface area contributed by atoms with E-state index in [0.29, 0.717) is 0 Å². The van der Waals surface area contributed by atoms with Crippen molar-refractivity contribution in [3.63, 3.8) is 0 Å². The first-order valence-electron chi connectivity index (χ1n) is 6.05. The van der Waals surface area contributed by atoms with Crippen LogP contribution in [0.15, 0.2) is 0 Å².